The van der Waals surface area contributed by atoms with Crippen LogP contribution in [-0.2, 0) is 28.8 Å². The highest BCUT2D eigenvalue weighted by Gasteiger charge is 2.33. The standard InChI is InChI=1S/C40H75N9O19/c50-28-32(54)40(68)39(67)31(53)21-49(19-29(51)17-41-1-5-43(22-33(55)56)9-13-47(26-37(63)64)14-10-44(6-2-41)23-34(57)58)20-30(52)18-42-3-7-45(24-35(59)60)11-15-48(27-38(65)66)16-12-46(8-4-42)25-36(61)62/h29-32,39-40,50-54,67-68H,1-28H2,(H,55,56)(H,57,58)(H,59,60)(H,61,62)(H,63,64)(H,65,66)/t29?,30?,31-,32+,39+,40+/m0/s1. The molecule has 28 heteroatoms. The summed E-state index contributed by atoms with van der Waals surface area (Å²) in [5.74, 6) is -6.71. The summed E-state index contributed by atoms with van der Waals surface area (Å²) >= 11 is 0. The zero-order valence-electron chi connectivity index (χ0n) is 38.6. The third-order valence-corrected chi connectivity index (χ3v) is 11.7. The van der Waals surface area contributed by atoms with E-state index in [1.54, 1.807) is 39.2 Å². The van der Waals surface area contributed by atoms with Crippen LogP contribution in [-0.4, -0.2) is 366 Å². The van der Waals surface area contributed by atoms with Crippen LogP contribution in [0.5, 0.6) is 0 Å². The van der Waals surface area contributed by atoms with Gasteiger partial charge in [0.2, 0.25) is 0 Å². The number of aliphatic hydroxyl groups is 7. The molecule has 2 rings (SSSR count). The van der Waals surface area contributed by atoms with Crippen molar-refractivity contribution in [2.24, 2.45) is 0 Å². The first-order valence-corrected chi connectivity index (χ1v) is 22.5. The van der Waals surface area contributed by atoms with Gasteiger partial charge in [-0.3, -0.25) is 72.9 Å². The van der Waals surface area contributed by atoms with Crippen molar-refractivity contribution >= 4 is 35.8 Å². The van der Waals surface area contributed by atoms with Gasteiger partial charge in [0.05, 0.1) is 64.2 Å². The number of carbonyl (C=O) groups is 6. The summed E-state index contributed by atoms with van der Waals surface area (Å²) in [6, 6.07) is 0. The Labute approximate surface area is 394 Å². The van der Waals surface area contributed by atoms with E-state index >= 15 is 0 Å². The van der Waals surface area contributed by atoms with Gasteiger partial charge in [0.25, 0.3) is 0 Å². The summed E-state index contributed by atoms with van der Waals surface area (Å²) in [6.45, 7) is -1.76. The van der Waals surface area contributed by atoms with Gasteiger partial charge in [0, 0.05) is 137 Å². The molecule has 2 aliphatic heterocycles. The topological polar surface area (TPSA) is 395 Å². The third-order valence-electron chi connectivity index (χ3n) is 11.7. The minimum atomic E-state index is -2.00. The third kappa shape index (κ3) is 26.2. The number of carboxylic acids is 6. The van der Waals surface area contributed by atoms with Crippen molar-refractivity contribution in [3.63, 3.8) is 0 Å². The summed E-state index contributed by atoms with van der Waals surface area (Å²) in [4.78, 5) is 84.7. The van der Waals surface area contributed by atoms with E-state index < -0.39 is 85.6 Å². The van der Waals surface area contributed by atoms with Crippen molar-refractivity contribution in [2.45, 2.75) is 36.6 Å². The minimum absolute atomic E-state index is 0.0983. The van der Waals surface area contributed by atoms with E-state index in [-0.39, 0.29) is 170 Å². The quantitative estimate of drug-likeness (QED) is 0.0383. The summed E-state index contributed by atoms with van der Waals surface area (Å²) in [5.41, 5.74) is 0. The predicted octanol–water partition coefficient (Wildman–Crippen LogP) is -8.60. The van der Waals surface area contributed by atoms with Gasteiger partial charge in [0.1, 0.15) is 18.3 Å². The van der Waals surface area contributed by atoms with E-state index in [0.29, 0.717) is 0 Å². The second kappa shape index (κ2) is 32.1. The van der Waals surface area contributed by atoms with Crippen LogP contribution in [0.3, 0.4) is 0 Å². The number of hydrogen-bond acceptors (Lipinski definition) is 22. The summed E-state index contributed by atoms with van der Waals surface area (Å²) in [5, 5.41) is 132. The lowest BCUT2D eigenvalue weighted by Gasteiger charge is -2.36. The molecule has 0 spiro atoms. The number of aliphatic carboxylic acids is 6. The van der Waals surface area contributed by atoms with Crippen LogP contribution in [0, 0.1) is 0 Å². The highest BCUT2D eigenvalue weighted by molar-refractivity contribution is 5.70. The van der Waals surface area contributed by atoms with Crippen LogP contribution >= 0.6 is 0 Å². The number of nitrogens with zero attached hydrogens (tertiary/aromatic N) is 9. The SMILES string of the molecule is O=C(O)CN1CCN(CC(=O)O)CCN(CC(O)CN(CC(O)CN2CCN(CC(=O)O)CCN(CC(=O)O)CCN(CC(=O)O)CC2)C[C@H](O)[C@@H](O)[C@H](O)[C@H](O)CO)CCN(CC(=O)O)CC1. The minimum Gasteiger partial charge on any atom is -0.480 e. The Bertz CT molecular complexity index is 1390. The van der Waals surface area contributed by atoms with Gasteiger partial charge in [0.15, 0.2) is 0 Å². The monoisotopic (exact) mass is 986 g/mol. The van der Waals surface area contributed by atoms with E-state index in [0.717, 1.165) is 0 Å². The van der Waals surface area contributed by atoms with Gasteiger partial charge in [-0.15, -0.1) is 0 Å². The molecule has 2 fully saturated rings. The Morgan fingerprint density at radius 2 is 0.544 bits per heavy atom. The number of rotatable bonds is 26. The first-order chi connectivity index (χ1) is 32.0. The molecule has 28 nitrogen and oxygen atoms in total. The number of carboxylic acid groups (broad SMARTS) is 6. The van der Waals surface area contributed by atoms with Gasteiger partial charge in [-0.1, -0.05) is 0 Å². The zero-order valence-corrected chi connectivity index (χ0v) is 38.6. The molecular formula is C40H75N9O19. The molecule has 0 radical (unpaired) electrons. The highest BCUT2D eigenvalue weighted by atomic mass is 16.4. The molecule has 13 N–H and O–H groups in total. The molecule has 394 valence electrons. The van der Waals surface area contributed by atoms with E-state index in [2.05, 4.69) is 0 Å². The fourth-order valence-corrected chi connectivity index (χ4v) is 8.09. The molecule has 2 saturated heterocycles. The van der Waals surface area contributed by atoms with Crippen molar-refractivity contribution in [1.29, 1.82) is 0 Å². The van der Waals surface area contributed by atoms with E-state index in [4.69, 9.17) is 0 Å². The lowest BCUT2D eigenvalue weighted by molar-refractivity contribution is -0.140. The summed E-state index contributed by atoms with van der Waals surface area (Å²) in [7, 11) is 0. The smallest absolute Gasteiger partial charge is 0.317 e. The van der Waals surface area contributed by atoms with Crippen molar-refractivity contribution in [3.8, 4) is 0 Å². The average molecular weight is 986 g/mol. The largest absolute Gasteiger partial charge is 0.480 e. The van der Waals surface area contributed by atoms with Gasteiger partial charge in [-0.2, -0.15) is 0 Å². The lowest BCUT2D eigenvalue weighted by atomic mass is 10.0. The fraction of sp³-hybridized carbons (Fsp3) is 0.850. The molecule has 0 saturated carbocycles. The molecule has 2 aliphatic rings. The van der Waals surface area contributed by atoms with Gasteiger partial charge < -0.3 is 66.4 Å². The van der Waals surface area contributed by atoms with E-state index in [1.165, 1.54) is 4.90 Å². The van der Waals surface area contributed by atoms with Crippen LogP contribution in [0.4, 0.5) is 0 Å². The Morgan fingerprint density at radius 1 is 0.338 bits per heavy atom. The van der Waals surface area contributed by atoms with E-state index in [9.17, 15) is 95.2 Å². The number of β-amino-alcohol motifs (C(OH)–C–C–N with tert-alkyl or cyclic N) is 2. The van der Waals surface area contributed by atoms with Crippen molar-refractivity contribution in [2.75, 3.05) is 183 Å². The molecular weight excluding hydrogens is 910 g/mol. The molecule has 6 atom stereocenters. The van der Waals surface area contributed by atoms with Crippen molar-refractivity contribution in [1.82, 2.24) is 44.1 Å². The zero-order chi connectivity index (χ0) is 50.9. The van der Waals surface area contributed by atoms with Gasteiger partial charge in [-0.25, -0.2) is 0 Å². The first kappa shape index (κ1) is 60.3. The summed E-state index contributed by atoms with van der Waals surface area (Å²) < 4.78 is 0. The molecule has 0 aliphatic carbocycles. The van der Waals surface area contributed by atoms with E-state index in [1.807, 2.05) is 0 Å². The predicted molar refractivity (Wildman–Crippen MR) is 237 cm³/mol. The molecule has 68 heavy (non-hydrogen) atoms. The normalized spacial score (nSPS) is 21.5. The maximum atomic E-state index is 11.8. The molecule has 0 aromatic rings. The maximum absolute atomic E-state index is 11.8. The lowest BCUT2D eigenvalue weighted by Crippen LogP contribution is -2.54. The number of aliphatic hydroxyl groups excluding tert-OH is 7. The van der Waals surface area contributed by atoms with Crippen LogP contribution in [0.25, 0.3) is 0 Å². The maximum Gasteiger partial charge on any atom is 0.317 e. The number of hydrogen-bond donors (Lipinski definition) is 13. The first-order valence-electron chi connectivity index (χ1n) is 22.5. The molecule has 0 aromatic heterocycles. The van der Waals surface area contributed by atoms with Crippen molar-refractivity contribution < 1.29 is 95.2 Å². The molecule has 0 amide bonds. The average Bonchev–Trinajstić information content (AvgIpc) is 3.23. The summed E-state index contributed by atoms with van der Waals surface area (Å²) in [6.07, 6.45) is -10.2. The molecule has 2 heterocycles. The van der Waals surface area contributed by atoms with Crippen molar-refractivity contribution in [3.05, 3.63) is 0 Å². The van der Waals surface area contributed by atoms with Crippen LogP contribution in [0.15, 0.2) is 0 Å². The Kier molecular flexibility index (Phi) is 28.5. The van der Waals surface area contributed by atoms with Crippen LogP contribution < -0.4 is 0 Å². The van der Waals surface area contributed by atoms with Gasteiger partial charge in [-0.05, 0) is 0 Å². The molecule has 2 unspecified atom stereocenters. The Morgan fingerprint density at radius 3 is 0.750 bits per heavy atom. The molecule has 0 aromatic carbocycles. The Hall–Kier alpha value is -3.82. The van der Waals surface area contributed by atoms with Gasteiger partial charge >= 0.3 is 35.8 Å². The second-order valence-electron chi connectivity index (χ2n) is 17.4. The highest BCUT2D eigenvalue weighted by Crippen LogP contribution is 2.11. The fourth-order valence-electron chi connectivity index (χ4n) is 8.09. The second-order valence-corrected chi connectivity index (χ2v) is 17.4. The molecule has 0 bridgehead atoms. The van der Waals surface area contributed by atoms with Crippen LogP contribution in [0.2, 0.25) is 0 Å². The van der Waals surface area contributed by atoms with Crippen LogP contribution in [0.1, 0.15) is 0 Å². The Balaban J connectivity index is 2.38.